The summed E-state index contributed by atoms with van der Waals surface area (Å²) in [5.41, 5.74) is 4.20. The maximum absolute atomic E-state index is 11.8. The molecule has 1 aliphatic heterocycles. The Kier molecular flexibility index (Phi) is 5.15. The van der Waals surface area contributed by atoms with Crippen LogP contribution in [0.4, 0.5) is 16.4 Å². The van der Waals surface area contributed by atoms with E-state index in [0.717, 1.165) is 30.2 Å². The average Bonchev–Trinajstić information content (AvgIpc) is 3.07. The first kappa shape index (κ1) is 16.1. The lowest BCUT2D eigenvalue weighted by atomic mass is 10.1. The van der Waals surface area contributed by atoms with Gasteiger partial charge in [0.15, 0.2) is 5.88 Å². The highest BCUT2D eigenvalue weighted by molar-refractivity contribution is 5.90. The van der Waals surface area contributed by atoms with Gasteiger partial charge >= 0.3 is 6.03 Å². The van der Waals surface area contributed by atoms with Gasteiger partial charge in [-0.1, -0.05) is 18.2 Å². The fourth-order valence-corrected chi connectivity index (χ4v) is 2.71. The molecule has 1 aromatic carbocycles. The molecule has 1 aliphatic rings. The number of rotatable bonds is 4. The van der Waals surface area contributed by atoms with Crippen molar-refractivity contribution >= 4 is 23.8 Å². The molecule has 0 atom stereocenters. The Labute approximate surface area is 141 Å². The van der Waals surface area contributed by atoms with Crippen LogP contribution in [0.5, 0.6) is 0 Å². The van der Waals surface area contributed by atoms with Gasteiger partial charge < -0.3 is 14.6 Å². The van der Waals surface area contributed by atoms with E-state index in [-0.39, 0.29) is 6.03 Å². The molecule has 1 aromatic heterocycles. The van der Waals surface area contributed by atoms with E-state index in [1.807, 2.05) is 43.3 Å². The van der Waals surface area contributed by atoms with E-state index in [0.29, 0.717) is 5.76 Å². The van der Waals surface area contributed by atoms with Gasteiger partial charge in [-0.2, -0.15) is 5.10 Å². The third kappa shape index (κ3) is 4.16. The molecular formula is C18H22N4O2. The molecule has 2 N–H and O–H groups in total. The minimum absolute atomic E-state index is 0.386. The molecule has 3 rings (SSSR count). The number of furan rings is 1. The van der Waals surface area contributed by atoms with Gasteiger partial charge in [0, 0.05) is 24.8 Å². The number of hydrogen-bond donors (Lipinski definition) is 2. The predicted octanol–water partition coefficient (Wildman–Crippen LogP) is 3.73. The number of piperidine rings is 1. The molecule has 2 aromatic rings. The van der Waals surface area contributed by atoms with Crippen molar-refractivity contribution < 1.29 is 9.21 Å². The molecule has 6 heteroatoms. The molecule has 126 valence electrons. The lowest BCUT2D eigenvalue weighted by Crippen LogP contribution is -2.28. The zero-order chi connectivity index (χ0) is 16.8. The Morgan fingerprint density at radius 3 is 2.75 bits per heavy atom. The highest BCUT2D eigenvalue weighted by Crippen LogP contribution is 2.21. The fraction of sp³-hybridized carbons (Fsp3) is 0.333. The van der Waals surface area contributed by atoms with Gasteiger partial charge in [-0.25, -0.2) is 10.2 Å². The average molecular weight is 326 g/mol. The van der Waals surface area contributed by atoms with Gasteiger partial charge in [-0.3, -0.25) is 0 Å². The molecular weight excluding hydrogens is 304 g/mol. The number of nitrogens with one attached hydrogen (secondary N) is 2. The maximum Gasteiger partial charge on any atom is 0.339 e. The lowest BCUT2D eigenvalue weighted by Gasteiger charge is -2.25. The third-order valence-electron chi connectivity index (χ3n) is 4.03. The molecule has 1 saturated heterocycles. The normalized spacial score (nSPS) is 14.8. The molecule has 6 nitrogen and oxygen atoms in total. The van der Waals surface area contributed by atoms with E-state index in [9.17, 15) is 4.79 Å². The summed E-state index contributed by atoms with van der Waals surface area (Å²) in [7, 11) is 0. The number of urea groups is 1. The summed E-state index contributed by atoms with van der Waals surface area (Å²) in [5.74, 6) is 1.48. The van der Waals surface area contributed by atoms with E-state index >= 15 is 0 Å². The molecule has 1 fully saturated rings. The molecule has 24 heavy (non-hydrogen) atoms. The number of para-hydroxylation sites is 1. The molecule has 0 bridgehead atoms. The minimum atomic E-state index is -0.386. The number of aryl methyl sites for hydroxylation is 1. The van der Waals surface area contributed by atoms with Crippen molar-refractivity contribution in [2.45, 2.75) is 26.2 Å². The van der Waals surface area contributed by atoms with Crippen LogP contribution in [0.1, 0.15) is 30.6 Å². The number of carbonyl (C=O) groups is 1. The highest BCUT2D eigenvalue weighted by Gasteiger charge is 2.13. The Morgan fingerprint density at radius 1 is 1.17 bits per heavy atom. The standard InChI is InChI=1S/C18H22N4O2/c1-14-7-3-4-8-16(14)20-18(23)21-19-13-15-9-10-17(24-15)22-11-5-2-6-12-22/h3-4,7-10,13H,2,5-6,11-12H2,1H3,(H2,20,21,23). The van der Waals surface area contributed by atoms with Crippen molar-refractivity contribution in [2.24, 2.45) is 5.10 Å². The summed E-state index contributed by atoms with van der Waals surface area (Å²) in [5, 5.41) is 6.68. The number of hydrogen-bond acceptors (Lipinski definition) is 4. The van der Waals surface area contributed by atoms with Gasteiger partial charge in [0.2, 0.25) is 0 Å². The van der Waals surface area contributed by atoms with Crippen molar-refractivity contribution in [3.63, 3.8) is 0 Å². The maximum atomic E-state index is 11.8. The first-order valence-corrected chi connectivity index (χ1v) is 8.23. The Balaban J connectivity index is 1.52. The first-order valence-electron chi connectivity index (χ1n) is 8.23. The van der Waals surface area contributed by atoms with Gasteiger partial charge in [0.05, 0.1) is 6.21 Å². The highest BCUT2D eigenvalue weighted by atomic mass is 16.4. The molecule has 0 radical (unpaired) electrons. The van der Waals surface area contributed by atoms with Crippen molar-refractivity contribution in [3.05, 3.63) is 47.7 Å². The van der Waals surface area contributed by atoms with Gasteiger partial charge in [0.1, 0.15) is 5.76 Å². The number of benzene rings is 1. The quantitative estimate of drug-likeness (QED) is 0.664. The second kappa shape index (κ2) is 7.68. The van der Waals surface area contributed by atoms with Gasteiger partial charge in [0.25, 0.3) is 0 Å². The summed E-state index contributed by atoms with van der Waals surface area (Å²) in [6, 6.07) is 11.0. The van der Waals surface area contributed by atoms with E-state index in [2.05, 4.69) is 20.7 Å². The van der Waals surface area contributed by atoms with Crippen LogP contribution in [0.3, 0.4) is 0 Å². The van der Waals surface area contributed by atoms with Gasteiger partial charge in [-0.05, 0) is 43.9 Å². The van der Waals surface area contributed by atoms with E-state index in [1.165, 1.54) is 25.5 Å². The van der Waals surface area contributed by atoms with Crippen molar-refractivity contribution in [2.75, 3.05) is 23.3 Å². The zero-order valence-electron chi connectivity index (χ0n) is 13.8. The summed E-state index contributed by atoms with van der Waals surface area (Å²) >= 11 is 0. The number of carbonyl (C=O) groups excluding carboxylic acids is 1. The Bertz CT molecular complexity index is 717. The molecule has 0 spiro atoms. The minimum Gasteiger partial charge on any atom is -0.440 e. The van der Waals surface area contributed by atoms with Crippen molar-refractivity contribution in [1.82, 2.24) is 5.43 Å². The van der Waals surface area contributed by atoms with Crippen LogP contribution >= 0.6 is 0 Å². The smallest absolute Gasteiger partial charge is 0.339 e. The molecule has 0 aliphatic carbocycles. The van der Waals surface area contributed by atoms with Crippen LogP contribution in [0, 0.1) is 6.92 Å². The Morgan fingerprint density at radius 2 is 1.96 bits per heavy atom. The van der Waals surface area contributed by atoms with Crippen LogP contribution in [-0.2, 0) is 0 Å². The molecule has 0 saturated carbocycles. The summed E-state index contributed by atoms with van der Waals surface area (Å²) in [6.45, 7) is 3.99. The topological polar surface area (TPSA) is 69.9 Å². The number of nitrogens with zero attached hydrogens (tertiary/aromatic N) is 2. The van der Waals surface area contributed by atoms with Crippen molar-refractivity contribution in [3.8, 4) is 0 Å². The monoisotopic (exact) mass is 326 g/mol. The van der Waals surface area contributed by atoms with E-state index in [1.54, 1.807) is 0 Å². The largest absolute Gasteiger partial charge is 0.440 e. The van der Waals surface area contributed by atoms with Crippen LogP contribution < -0.4 is 15.6 Å². The first-order chi connectivity index (χ1) is 11.7. The van der Waals surface area contributed by atoms with E-state index in [4.69, 9.17) is 4.42 Å². The second-order valence-corrected chi connectivity index (χ2v) is 5.86. The van der Waals surface area contributed by atoms with Crippen LogP contribution in [0.2, 0.25) is 0 Å². The molecule has 0 unspecified atom stereocenters. The van der Waals surface area contributed by atoms with Gasteiger partial charge in [-0.15, -0.1) is 0 Å². The predicted molar refractivity (Wildman–Crippen MR) is 95.7 cm³/mol. The van der Waals surface area contributed by atoms with E-state index < -0.39 is 0 Å². The third-order valence-corrected chi connectivity index (χ3v) is 4.03. The zero-order valence-corrected chi connectivity index (χ0v) is 13.8. The lowest BCUT2D eigenvalue weighted by molar-refractivity contribution is 0.252. The van der Waals surface area contributed by atoms with Crippen LogP contribution in [0.15, 0.2) is 45.9 Å². The number of hydrazone groups is 1. The summed E-state index contributed by atoms with van der Waals surface area (Å²) in [6.07, 6.45) is 5.19. The van der Waals surface area contributed by atoms with Crippen molar-refractivity contribution in [1.29, 1.82) is 0 Å². The second-order valence-electron chi connectivity index (χ2n) is 5.86. The summed E-state index contributed by atoms with van der Waals surface area (Å²) in [4.78, 5) is 14.1. The Hall–Kier alpha value is -2.76. The molecule has 2 heterocycles. The van der Waals surface area contributed by atoms with Crippen LogP contribution in [0.25, 0.3) is 0 Å². The number of anilines is 2. The van der Waals surface area contributed by atoms with Crippen LogP contribution in [-0.4, -0.2) is 25.3 Å². The number of amides is 2. The molecule has 2 amide bonds. The SMILES string of the molecule is Cc1ccccc1NC(=O)NN=Cc1ccc(N2CCCCC2)o1. The fourth-order valence-electron chi connectivity index (χ4n) is 2.71. The summed E-state index contributed by atoms with van der Waals surface area (Å²) < 4.78 is 5.75.